The molecule has 0 unspecified atom stereocenters. The normalized spacial score (nSPS) is 11.9. The fourth-order valence-electron chi connectivity index (χ4n) is 3.61. The Morgan fingerprint density at radius 3 is 2.52 bits per heavy atom. The zero-order valence-electron chi connectivity index (χ0n) is 19.0. The minimum atomic E-state index is -3.40. The van der Waals surface area contributed by atoms with Gasteiger partial charge in [0.1, 0.15) is 0 Å². The second-order valence-electron chi connectivity index (χ2n) is 8.27. The number of fused-ring (bicyclic) bond motifs is 1. The Balaban J connectivity index is 1.70. The Bertz CT molecular complexity index is 1390. The molecule has 0 aliphatic carbocycles. The molecule has 0 aliphatic heterocycles. The summed E-state index contributed by atoms with van der Waals surface area (Å²) in [5.74, 6) is -0.232. The molecule has 1 amide bonds. The zero-order valence-corrected chi connectivity index (χ0v) is 20.7. The third-order valence-corrected chi connectivity index (χ3v) is 8.65. The molecule has 2 heterocycles. The van der Waals surface area contributed by atoms with Gasteiger partial charge in [-0.15, -0.1) is 0 Å². The van der Waals surface area contributed by atoms with Crippen molar-refractivity contribution in [1.82, 2.24) is 14.8 Å². The smallest absolute Gasteiger partial charge is 0.260 e. The lowest BCUT2D eigenvalue weighted by Gasteiger charge is -2.20. The minimum Gasteiger partial charge on any atom is -0.282 e. The maximum Gasteiger partial charge on any atom is 0.260 e. The van der Waals surface area contributed by atoms with Crippen LogP contribution in [0.2, 0.25) is 0 Å². The number of carbonyl (C=O) groups is 1. The van der Waals surface area contributed by atoms with Crippen molar-refractivity contribution in [3.8, 4) is 0 Å². The summed E-state index contributed by atoms with van der Waals surface area (Å²) in [7, 11) is -3.40. The van der Waals surface area contributed by atoms with Crippen molar-refractivity contribution in [3.05, 3.63) is 71.5 Å². The largest absolute Gasteiger partial charge is 0.282 e. The number of amides is 1. The van der Waals surface area contributed by atoms with Gasteiger partial charge in [0.25, 0.3) is 5.91 Å². The Morgan fingerprint density at radius 1 is 1.15 bits per heavy atom. The van der Waals surface area contributed by atoms with Gasteiger partial charge in [-0.25, -0.2) is 13.4 Å². The van der Waals surface area contributed by atoms with Gasteiger partial charge in [0.2, 0.25) is 0 Å². The lowest BCUT2D eigenvalue weighted by atomic mass is 10.1. The van der Waals surface area contributed by atoms with Gasteiger partial charge in [0, 0.05) is 24.5 Å². The van der Waals surface area contributed by atoms with Gasteiger partial charge in [-0.1, -0.05) is 17.4 Å². The molecule has 0 spiro atoms. The maximum atomic E-state index is 13.5. The number of carbonyl (C=O) groups excluding carboxylic acids is 1. The van der Waals surface area contributed by atoms with E-state index in [0.717, 1.165) is 21.3 Å². The molecule has 0 N–H and O–H groups in total. The quantitative estimate of drug-likeness (QED) is 0.383. The van der Waals surface area contributed by atoms with Crippen molar-refractivity contribution in [1.29, 1.82) is 0 Å². The molecule has 0 saturated heterocycles. The molecule has 0 atom stereocenters. The Morgan fingerprint density at radius 2 is 1.88 bits per heavy atom. The molecule has 0 bridgehead atoms. The number of aromatic nitrogens is 3. The first kappa shape index (κ1) is 23.1. The number of thiazole rings is 1. The van der Waals surface area contributed by atoms with Gasteiger partial charge in [-0.2, -0.15) is 5.10 Å². The summed E-state index contributed by atoms with van der Waals surface area (Å²) in [5, 5.41) is 4.31. The van der Waals surface area contributed by atoms with Crippen LogP contribution in [0.15, 0.2) is 59.8 Å². The van der Waals surface area contributed by atoms with E-state index in [1.54, 1.807) is 41.8 Å². The molecule has 0 fully saturated rings. The van der Waals surface area contributed by atoms with Crippen molar-refractivity contribution >= 4 is 42.4 Å². The van der Waals surface area contributed by atoms with Gasteiger partial charge in [0.05, 0.1) is 26.9 Å². The van der Waals surface area contributed by atoms with Crippen LogP contribution in [0.1, 0.15) is 35.3 Å². The maximum absolute atomic E-state index is 13.5. The van der Waals surface area contributed by atoms with E-state index in [2.05, 4.69) is 17.2 Å². The van der Waals surface area contributed by atoms with Gasteiger partial charge in [-0.3, -0.25) is 14.4 Å². The van der Waals surface area contributed by atoms with Crippen molar-refractivity contribution in [2.75, 3.05) is 11.4 Å². The second-order valence-corrected chi connectivity index (χ2v) is 11.8. The van der Waals surface area contributed by atoms with Gasteiger partial charge in [-0.05, 0) is 75.2 Å². The van der Waals surface area contributed by atoms with E-state index in [-0.39, 0.29) is 10.8 Å². The number of benzene rings is 2. The average Bonchev–Trinajstić information content (AvgIpc) is 3.44. The van der Waals surface area contributed by atoms with Gasteiger partial charge in [0.15, 0.2) is 15.0 Å². The third kappa shape index (κ3) is 4.69. The summed E-state index contributed by atoms with van der Waals surface area (Å²) in [6, 6.07) is 12.1. The summed E-state index contributed by atoms with van der Waals surface area (Å²) in [4.78, 5) is 20.2. The number of nitrogens with zero attached hydrogens (tertiary/aromatic N) is 4. The van der Waals surface area contributed by atoms with E-state index in [9.17, 15) is 13.2 Å². The molecule has 2 aromatic heterocycles. The molecule has 4 aromatic rings. The molecule has 4 rings (SSSR count). The SMILES string of the molecule is Cc1cc(C)c2nc(N(CCn3cccn3)C(=O)c3ccc(S(=O)(=O)C(C)C)cc3)sc2c1. The zero-order chi connectivity index (χ0) is 23.8. The third-order valence-electron chi connectivity index (χ3n) is 5.46. The number of rotatable bonds is 7. The molecular formula is C24H26N4O3S2. The number of aryl methyl sites for hydroxylation is 2. The van der Waals surface area contributed by atoms with Crippen molar-refractivity contribution in [2.45, 2.75) is 44.4 Å². The van der Waals surface area contributed by atoms with E-state index in [1.165, 1.54) is 23.5 Å². The van der Waals surface area contributed by atoms with Crippen LogP contribution >= 0.6 is 11.3 Å². The summed E-state index contributed by atoms with van der Waals surface area (Å²) in [6.45, 7) is 8.23. The van der Waals surface area contributed by atoms with Crippen LogP contribution in [-0.2, 0) is 16.4 Å². The standard InChI is InChI=1S/C24H26N4O3S2/c1-16(2)33(30,31)20-8-6-19(7-9-20)23(29)28(13-12-27-11-5-10-25-27)24-26-22-18(4)14-17(3)15-21(22)32-24/h5-11,14-16H,12-13H2,1-4H3. The highest BCUT2D eigenvalue weighted by molar-refractivity contribution is 7.92. The topological polar surface area (TPSA) is 85.2 Å². The molecule has 0 radical (unpaired) electrons. The second kappa shape index (κ2) is 9.07. The number of anilines is 1. The summed E-state index contributed by atoms with van der Waals surface area (Å²) in [5.41, 5.74) is 3.50. The molecule has 172 valence electrons. The van der Waals surface area contributed by atoms with Crippen molar-refractivity contribution < 1.29 is 13.2 Å². The number of hydrogen-bond acceptors (Lipinski definition) is 6. The van der Waals surface area contributed by atoms with Crippen LogP contribution < -0.4 is 4.90 Å². The first-order valence-corrected chi connectivity index (χ1v) is 13.0. The Labute approximate surface area is 197 Å². The van der Waals surface area contributed by atoms with E-state index in [1.807, 2.05) is 26.1 Å². The monoisotopic (exact) mass is 482 g/mol. The predicted octanol–water partition coefficient (Wildman–Crippen LogP) is 4.64. The molecule has 2 aromatic carbocycles. The molecule has 9 heteroatoms. The highest BCUT2D eigenvalue weighted by atomic mass is 32.2. The summed E-state index contributed by atoms with van der Waals surface area (Å²) >= 11 is 1.47. The lowest BCUT2D eigenvalue weighted by Crippen LogP contribution is -2.34. The number of sulfone groups is 1. The molecular weight excluding hydrogens is 456 g/mol. The molecule has 0 aliphatic rings. The molecule has 0 saturated carbocycles. The van der Waals surface area contributed by atoms with E-state index in [4.69, 9.17) is 4.98 Å². The predicted molar refractivity (Wildman–Crippen MR) is 132 cm³/mol. The van der Waals surface area contributed by atoms with Crippen LogP contribution in [0, 0.1) is 13.8 Å². The highest BCUT2D eigenvalue weighted by Crippen LogP contribution is 2.32. The summed E-state index contributed by atoms with van der Waals surface area (Å²) < 4.78 is 27.7. The van der Waals surface area contributed by atoms with Crippen LogP contribution in [0.3, 0.4) is 0 Å². The van der Waals surface area contributed by atoms with Crippen LogP contribution in [-0.4, -0.2) is 40.9 Å². The molecule has 33 heavy (non-hydrogen) atoms. The fourth-order valence-corrected chi connectivity index (χ4v) is 5.83. The fraction of sp³-hybridized carbons (Fsp3) is 0.292. The Kier molecular flexibility index (Phi) is 6.36. The lowest BCUT2D eigenvalue weighted by molar-refractivity contribution is 0.0985. The summed E-state index contributed by atoms with van der Waals surface area (Å²) in [6.07, 6.45) is 3.55. The van der Waals surface area contributed by atoms with E-state index < -0.39 is 15.1 Å². The van der Waals surface area contributed by atoms with Gasteiger partial charge < -0.3 is 0 Å². The first-order chi connectivity index (χ1) is 15.7. The van der Waals surface area contributed by atoms with E-state index >= 15 is 0 Å². The van der Waals surface area contributed by atoms with Crippen LogP contribution in [0.25, 0.3) is 10.2 Å². The van der Waals surface area contributed by atoms with Crippen LogP contribution in [0.4, 0.5) is 5.13 Å². The van der Waals surface area contributed by atoms with Crippen LogP contribution in [0.5, 0.6) is 0 Å². The first-order valence-electron chi connectivity index (χ1n) is 10.7. The highest BCUT2D eigenvalue weighted by Gasteiger charge is 2.24. The number of hydrogen-bond donors (Lipinski definition) is 0. The van der Waals surface area contributed by atoms with Gasteiger partial charge >= 0.3 is 0 Å². The average molecular weight is 483 g/mol. The molecule has 7 nitrogen and oxygen atoms in total. The Hall–Kier alpha value is -3.04. The van der Waals surface area contributed by atoms with Crippen molar-refractivity contribution in [2.24, 2.45) is 0 Å². The van der Waals surface area contributed by atoms with Crippen molar-refractivity contribution in [3.63, 3.8) is 0 Å². The minimum absolute atomic E-state index is 0.211. The van der Waals surface area contributed by atoms with E-state index in [0.29, 0.717) is 23.8 Å².